The number of carbonyl (C=O) groups excluding carboxylic acids is 1. The Morgan fingerprint density at radius 1 is 1.04 bits per heavy atom. The SMILES string of the molecule is CC(C)(C)c1ccccc1NC(=O)NCC(O)Cc1ccccc1. The summed E-state index contributed by atoms with van der Waals surface area (Å²) in [5.74, 6) is 0. The van der Waals surface area contributed by atoms with E-state index in [9.17, 15) is 9.90 Å². The lowest BCUT2D eigenvalue weighted by Gasteiger charge is -2.23. The van der Waals surface area contributed by atoms with Gasteiger partial charge in [-0.1, -0.05) is 69.3 Å². The van der Waals surface area contributed by atoms with Gasteiger partial charge < -0.3 is 15.7 Å². The maximum Gasteiger partial charge on any atom is 0.319 e. The molecule has 0 saturated heterocycles. The predicted octanol–water partition coefficient (Wildman–Crippen LogP) is 3.71. The summed E-state index contributed by atoms with van der Waals surface area (Å²) in [6.45, 7) is 6.53. The van der Waals surface area contributed by atoms with Crippen LogP contribution in [-0.4, -0.2) is 23.8 Å². The van der Waals surface area contributed by atoms with Crippen molar-refractivity contribution in [1.29, 1.82) is 0 Å². The minimum Gasteiger partial charge on any atom is -0.391 e. The Hall–Kier alpha value is -2.33. The summed E-state index contributed by atoms with van der Waals surface area (Å²) >= 11 is 0. The van der Waals surface area contributed by atoms with E-state index in [0.717, 1.165) is 16.8 Å². The Bertz CT molecular complexity index is 663. The van der Waals surface area contributed by atoms with E-state index in [4.69, 9.17) is 0 Å². The summed E-state index contributed by atoms with van der Waals surface area (Å²) in [5.41, 5.74) is 2.85. The molecule has 0 heterocycles. The number of hydrogen-bond donors (Lipinski definition) is 3. The fourth-order valence-corrected chi connectivity index (χ4v) is 2.58. The second-order valence-electron chi connectivity index (χ2n) is 6.97. The smallest absolute Gasteiger partial charge is 0.319 e. The topological polar surface area (TPSA) is 61.4 Å². The first kappa shape index (κ1) is 18.0. The van der Waals surface area contributed by atoms with Crippen LogP contribution in [0.5, 0.6) is 0 Å². The summed E-state index contributed by atoms with van der Waals surface area (Å²) in [4.78, 5) is 12.1. The minimum atomic E-state index is -0.615. The molecule has 0 fully saturated rings. The van der Waals surface area contributed by atoms with Gasteiger partial charge in [0, 0.05) is 18.7 Å². The monoisotopic (exact) mass is 326 g/mol. The highest BCUT2D eigenvalue weighted by atomic mass is 16.3. The third-order valence-electron chi connectivity index (χ3n) is 3.80. The van der Waals surface area contributed by atoms with Crippen LogP contribution in [0, 0.1) is 0 Å². The number of urea groups is 1. The van der Waals surface area contributed by atoms with Gasteiger partial charge in [-0.25, -0.2) is 4.79 Å². The van der Waals surface area contributed by atoms with E-state index >= 15 is 0 Å². The molecule has 0 radical (unpaired) electrons. The molecular weight excluding hydrogens is 300 g/mol. The van der Waals surface area contributed by atoms with Crippen LogP contribution in [0.15, 0.2) is 54.6 Å². The van der Waals surface area contributed by atoms with Crippen LogP contribution >= 0.6 is 0 Å². The van der Waals surface area contributed by atoms with Crippen LogP contribution < -0.4 is 10.6 Å². The number of benzene rings is 2. The number of anilines is 1. The van der Waals surface area contributed by atoms with Gasteiger partial charge >= 0.3 is 6.03 Å². The molecule has 2 aromatic rings. The molecule has 0 saturated carbocycles. The van der Waals surface area contributed by atoms with E-state index in [2.05, 4.69) is 31.4 Å². The largest absolute Gasteiger partial charge is 0.391 e. The molecule has 0 bridgehead atoms. The molecule has 4 nitrogen and oxygen atoms in total. The van der Waals surface area contributed by atoms with Crippen molar-refractivity contribution >= 4 is 11.7 Å². The van der Waals surface area contributed by atoms with E-state index in [1.165, 1.54) is 0 Å². The molecule has 1 atom stereocenters. The van der Waals surface area contributed by atoms with Crippen LogP contribution in [0.2, 0.25) is 0 Å². The summed E-state index contributed by atoms with van der Waals surface area (Å²) < 4.78 is 0. The Labute approximate surface area is 143 Å². The molecule has 128 valence electrons. The lowest BCUT2D eigenvalue weighted by Crippen LogP contribution is -2.36. The number of aliphatic hydroxyl groups is 1. The predicted molar refractivity (Wildman–Crippen MR) is 98.3 cm³/mol. The van der Waals surface area contributed by atoms with Crippen LogP contribution in [0.4, 0.5) is 10.5 Å². The Morgan fingerprint density at radius 2 is 1.67 bits per heavy atom. The molecule has 2 amide bonds. The van der Waals surface area contributed by atoms with Crippen molar-refractivity contribution < 1.29 is 9.90 Å². The van der Waals surface area contributed by atoms with Crippen molar-refractivity contribution in [3.05, 3.63) is 65.7 Å². The number of aliphatic hydroxyl groups excluding tert-OH is 1. The van der Waals surface area contributed by atoms with Gasteiger partial charge in [0.15, 0.2) is 0 Å². The molecule has 0 aliphatic rings. The second-order valence-corrected chi connectivity index (χ2v) is 6.97. The maximum atomic E-state index is 12.1. The molecule has 1 unspecified atom stereocenters. The molecule has 0 aliphatic carbocycles. The van der Waals surface area contributed by atoms with E-state index in [1.54, 1.807) is 0 Å². The molecule has 4 heteroatoms. The van der Waals surface area contributed by atoms with Crippen LogP contribution in [-0.2, 0) is 11.8 Å². The number of nitrogens with one attached hydrogen (secondary N) is 2. The van der Waals surface area contributed by atoms with Crippen molar-refractivity contribution in [2.24, 2.45) is 0 Å². The number of para-hydroxylation sites is 1. The molecule has 0 spiro atoms. The van der Waals surface area contributed by atoms with Gasteiger partial charge in [-0.2, -0.15) is 0 Å². The molecule has 2 rings (SSSR count). The van der Waals surface area contributed by atoms with Gasteiger partial charge in [-0.15, -0.1) is 0 Å². The number of hydrogen-bond acceptors (Lipinski definition) is 2. The van der Waals surface area contributed by atoms with Crippen LogP contribution in [0.3, 0.4) is 0 Å². The summed E-state index contributed by atoms with van der Waals surface area (Å²) in [6, 6.07) is 17.2. The third-order valence-corrected chi connectivity index (χ3v) is 3.80. The third kappa shape index (κ3) is 5.39. The van der Waals surface area contributed by atoms with Crippen molar-refractivity contribution in [3.8, 4) is 0 Å². The zero-order chi connectivity index (χ0) is 17.6. The Kier molecular flexibility index (Phi) is 5.99. The fraction of sp³-hybridized carbons (Fsp3) is 0.350. The molecule has 0 aromatic heterocycles. The summed E-state index contributed by atoms with van der Waals surface area (Å²) in [5, 5.41) is 15.7. The van der Waals surface area contributed by atoms with Crippen LogP contribution in [0.1, 0.15) is 31.9 Å². The highest BCUT2D eigenvalue weighted by Gasteiger charge is 2.18. The first-order valence-corrected chi connectivity index (χ1v) is 8.22. The van der Waals surface area contributed by atoms with E-state index in [-0.39, 0.29) is 18.0 Å². The van der Waals surface area contributed by atoms with Gasteiger partial charge in [0.2, 0.25) is 0 Å². The normalized spacial score (nSPS) is 12.5. The van der Waals surface area contributed by atoms with Gasteiger partial charge in [-0.3, -0.25) is 0 Å². The Morgan fingerprint density at radius 3 is 2.33 bits per heavy atom. The van der Waals surface area contributed by atoms with Crippen molar-refractivity contribution in [2.45, 2.75) is 38.7 Å². The van der Waals surface area contributed by atoms with Gasteiger partial charge in [0.05, 0.1) is 6.10 Å². The first-order valence-electron chi connectivity index (χ1n) is 8.22. The molecule has 24 heavy (non-hydrogen) atoms. The lowest BCUT2D eigenvalue weighted by molar-refractivity contribution is 0.172. The minimum absolute atomic E-state index is 0.0588. The fourth-order valence-electron chi connectivity index (χ4n) is 2.58. The van der Waals surface area contributed by atoms with E-state index < -0.39 is 6.10 Å². The average Bonchev–Trinajstić information content (AvgIpc) is 2.53. The van der Waals surface area contributed by atoms with Gasteiger partial charge in [-0.05, 0) is 22.6 Å². The zero-order valence-corrected chi connectivity index (χ0v) is 14.5. The number of rotatable bonds is 5. The lowest BCUT2D eigenvalue weighted by atomic mass is 9.86. The Balaban J connectivity index is 1.88. The van der Waals surface area contributed by atoms with E-state index in [0.29, 0.717) is 6.42 Å². The quantitative estimate of drug-likeness (QED) is 0.784. The van der Waals surface area contributed by atoms with E-state index in [1.807, 2.05) is 54.6 Å². The first-order chi connectivity index (χ1) is 11.4. The summed E-state index contributed by atoms with van der Waals surface area (Å²) in [7, 11) is 0. The standard InChI is InChI=1S/C20H26N2O2/c1-20(2,3)17-11-7-8-12-18(17)22-19(24)21-14-16(23)13-15-9-5-4-6-10-15/h4-12,16,23H,13-14H2,1-3H3,(H2,21,22,24). The molecular formula is C20H26N2O2. The molecule has 0 aliphatic heterocycles. The maximum absolute atomic E-state index is 12.1. The van der Waals surface area contributed by atoms with Gasteiger partial charge in [0.25, 0.3) is 0 Å². The average molecular weight is 326 g/mol. The van der Waals surface area contributed by atoms with Crippen molar-refractivity contribution in [2.75, 3.05) is 11.9 Å². The highest BCUT2D eigenvalue weighted by molar-refractivity contribution is 5.90. The second kappa shape index (κ2) is 7.97. The van der Waals surface area contributed by atoms with Gasteiger partial charge in [0.1, 0.15) is 0 Å². The summed E-state index contributed by atoms with van der Waals surface area (Å²) in [6.07, 6.45) is -0.101. The van der Waals surface area contributed by atoms with Crippen LogP contribution in [0.25, 0.3) is 0 Å². The number of carbonyl (C=O) groups is 1. The van der Waals surface area contributed by atoms with Crippen molar-refractivity contribution in [1.82, 2.24) is 5.32 Å². The molecule has 2 aromatic carbocycles. The molecule has 3 N–H and O–H groups in total. The highest BCUT2D eigenvalue weighted by Crippen LogP contribution is 2.29. The zero-order valence-electron chi connectivity index (χ0n) is 14.5. The van der Waals surface area contributed by atoms with Crippen molar-refractivity contribution in [3.63, 3.8) is 0 Å². The number of amides is 2.